The van der Waals surface area contributed by atoms with E-state index in [4.69, 9.17) is 0 Å². The fourth-order valence-electron chi connectivity index (χ4n) is 2.30. The largest absolute Gasteiger partial charge is 0.508 e. The maximum atomic E-state index is 12.1. The lowest BCUT2D eigenvalue weighted by atomic mass is 9.94. The third-order valence-corrected chi connectivity index (χ3v) is 3.42. The molecule has 2 rings (SSSR count). The molecule has 3 N–H and O–H groups in total. The number of phenolic OH excluding ortho intramolecular Hbond substituents is 1. The Hall–Kier alpha value is -2.15. The predicted octanol–water partition coefficient (Wildman–Crippen LogP) is 1.63. The first-order chi connectivity index (χ1) is 9.47. The summed E-state index contributed by atoms with van der Waals surface area (Å²) in [4.78, 5) is 22.4. The zero-order valence-corrected chi connectivity index (χ0v) is 11.1. The van der Waals surface area contributed by atoms with Gasteiger partial charge in [0.1, 0.15) is 11.4 Å². The fourth-order valence-corrected chi connectivity index (χ4v) is 2.30. The number of nitro groups is 1. The zero-order valence-electron chi connectivity index (χ0n) is 11.1. The molecule has 0 bridgehead atoms. The van der Waals surface area contributed by atoms with E-state index in [0.29, 0.717) is 12.3 Å². The van der Waals surface area contributed by atoms with E-state index in [9.17, 15) is 20.0 Å². The molecule has 0 aromatic heterocycles. The number of carbonyl (C=O) groups is 1. The van der Waals surface area contributed by atoms with Crippen LogP contribution in [0.3, 0.4) is 0 Å². The van der Waals surface area contributed by atoms with Gasteiger partial charge in [-0.25, -0.2) is 0 Å². The predicted molar refractivity (Wildman–Crippen MR) is 73.6 cm³/mol. The van der Waals surface area contributed by atoms with Gasteiger partial charge < -0.3 is 15.7 Å². The van der Waals surface area contributed by atoms with E-state index in [1.165, 1.54) is 12.1 Å². The number of carbonyl (C=O) groups excluding carboxylic acids is 1. The van der Waals surface area contributed by atoms with Gasteiger partial charge in [-0.2, -0.15) is 0 Å². The summed E-state index contributed by atoms with van der Waals surface area (Å²) in [5.74, 6) is -0.0498. The van der Waals surface area contributed by atoms with Gasteiger partial charge in [0, 0.05) is 0 Å². The Kier molecular flexibility index (Phi) is 4.19. The van der Waals surface area contributed by atoms with Crippen molar-refractivity contribution in [2.24, 2.45) is 5.92 Å². The van der Waals surface area contributed by atoms with Crippen LogP contribution in [-0.2, 0) is 4.79 Å². The van der Waals surface area contributed by atoms with Gasteiger partial charge in [0.2, 0.25) is 5.91 Å². The molecular weight excluding hydrogens is 262 g/mol. The molecule has 1 aliphatic heterocycles. The van der Waals surface area contributed by atoms with E-state index in [2.05, 4.69) is 17.6 Å². The molecule has 1 fully saturated rings. The molecule has 108 valence electrons. The average molecular weight is 279 g/mol. The Morgan fingerprint density at radius 3 is 2.95 bits per heavy atom. The minimum atomic E-state index is -0.633. The normalized spacial score (nSPS) is 22.2. The monoisotopic (exact) mass is 279 g/mol. The third-order valence-electron chi connectivity index (χ3n) is 3.42. The summed E-state index contributed by atoms with van der Waals surface area (Å²) in [7, 11) is 0. The number of anilines is 1. The summed E-state index contributed by atoms with van der Waals surface area (Å²) in [5.41, 5.74) is -0.222. The second kappa shape index (κ2) is 5.87. The van der Waals surface area contributed by atoms with Gasteiger partial charge in [0.05, 0.1) is 17.0 Å². The molecule has 20 heavy (non-hydrogen) atoms. The van der Waals surface area contributed by atoms with Crippen LogP contribution >= 0.6 is 0 Å². The Morgan fingerprint density at radius 1 is 1.55 bits per heavy atom. The minimum Gasteiger partial charge on any atom is -0.508 e. The number of amides is 1. The van der Waals surface area contributed by atoms with E-state index in [1.54, 1.807) is 0 Å². The maximum Gasteiger partial charge on any atom is 0.296 e. The Bertz CT molecular complexity index is 532. The van der Waals surface area contributed by atoms with Crippen LogP contribution in [0.4, 0.5) is 11.4 Å². The Morgan fingerprint density at radius 2 is 2.30 bits per heavy atom. The molecule has 1 heterocycles. The van der Waals surface area contributed by atoms with Crippen LogP contribution in [0.2, 0.25) is 0 Å². The summed E-state index contributed by atoms with van der Waals surface area (Å²) in [6.45, 7) is 2.83. The van der Waals surface area contributed by atoms with Crippen LogP contribution in [-0.4, -0.2) is 28.5 Å². The van der Waals surface area contributed by atoms with Crippen molar-refractivity contribution < 1.29 is 14.8 Å². The van der Waals surface area contributed by atoms with Crippen LogP contribution < -0.4 is 10.6 Å². The van der Waals surface area contributed by atoms with Gasteiger partial charge in [-0.05, 0) is 37.4 Å². The standard InChI is InChI=1S/C13H17N3O4/c1-8-4-5-14-11(6-8)13(18)15-10-3-2-9(17)7-12(10)16(19)20/h2-3,7-8,11,14,17H,4-6H2,1H3,(H,15,18). The quantitative estimate of drug-likeness (QED) is 0.443. The lowest BCUT2D eigenvalue weighted by Gasteiger charge is -2.27. The van der Waals surface area contributed by atoms with Crippen molar-refractivity contribution in [3.05, 3.63) is 28.3 Å². The van der Waals surface area contributed by atoms with Crippen LogP contribution in [0.1, 0.15) is 19.8 Å². The number of nitrogens with zero attached hydrogens (tertiary/aromatic N) is 1. The number of benzene rings is 1. The molecule has 1 aromatic carbocycles. The summed E-state index contributed by atoms with van der Waals surface area (Å²) < 4.78 is 0. The van der Waals surface area contributed by atoms with Crippen LogP contribution in [0.15, 0.2) is 18.2 Å². The van der Waals surface area contributed by atoms with Crippen LogP contribution in [0, 0.1) is 16.0 Å². The molecule has 1 saturated heterocycles. The summed E-state index contributed by atoms with van der Waals surface area (Å²) in [5, 5.41) is 25.8. The van der Waals surface area contributed by atoms with Gasteiger partial charge in [-0.15, -0.1) is 0 Å². The first kappa shape index (κ1) is 14.3. The molecule has 2 unspecified atom stereocenters. The lowest BCUT2D eigenvalue weighted by Crippen LogP contribution is -2.45. The fraction of sp³-hybridized carbons (Fsp3) is 0.462. The highest BCUT2D eigenvalue weighted by Gasteiger charge is 2.26. The topological polar surface area (TPSA) is 104 Å². The van der Waals surface area contributed by atoms with Gasteiger partial charge in [0.15, 0.2) is 0 Å². The number of nitrogens with one attached hydrogen (secondary N) is 2. The SMILES string of the molecule is CC1CCNC(C(=O)Nc2ccc(O)cc2[N+](=O)[O-])C1. The number of rotatable bonds is 3. The molecule has 7 nitrogen and oxygen atoms in total. The molecule has 2 atom stereocenters. The smallest absolute Gasteiger partial charge is 0.296 e. The summed E-state index contributed by atoms with van der Waals surface area (Å²) in [6.07, 6.45) is 1.72. The molecule has 0 spiro atoms. The van der Waals surface area contributed by atoms with E-state index in [-0.39, 0.29) is 29.1 Å². The number of aromatic hydroxyl groups is 1. The second-order valence-electron chi connectivity index (χ2n) is 5.08. The molecule has 1 aliphatic rings. The Balaban J connectivity index is 2.13. The molecule has 1 amide bonds. The van der Waals surface area contributed by atoms with Crippen molar-refractivity contribution >= 4 is 17.3 Å². The van der Waals surface area contributed by atoms with Gasteiger partial charge >= 0.3 is 0 Å². The van der Waals surface area contributed by atoms with E-state index < -0.39 is 4.92 Å². The first-order valence-corrected chi connectivity index (χ1v) is 6.49. The second-order valence-corrected chi connectivity index (χ2v) is 5.08. The highest BCUT2D eigenvalue weighted by atomic mass is 16.6. The molecule has 1 aromatic rings. The number of hydrogen-bond donors (Lipinski definition) is 3. The lowest BCUT2D eigenvalue weighted by molar-refractivity contribution is -0.384. The summed E-state index contributed by atoms with van der Waals surface area (Å²) in [6, 6.07) is 3.32. The Labute approximate surface area is 116 Å². The third kappa shape index (κ3) is 3.24. The van der Waals surface area contributed by atoms with Gasteiger partial charge in [-0.3, -0.25) is 14.9 Å². The molecular formula is C13H17N3O4. The van der Waals surface area contributed by atoms with Gasteiger partial charge in [-0.1, -0.05) is 6.92 Å². The van der Waals surface area contributed by atoms with Crippen molar-refractivity contribution in [2.45, 2.75) is 25.8 Å². The van der Waals surface area contributed by atoms with E-state index in [0.717, 1.165) is 19.0 Å². The van der Waals surface area contributed by atoms with Gasteiger partial charge in [0.25, 0.3) is 5.69 Å². The molecule has 0 radical (unpaired) electrons. The van der Waals surface area contributed by atoms with E-state index in [1.807, 2.05) is 0 Å². The van der Waals surface area contributed by atoms with Crippen molar-refractivity contribution in [3.8, 4) is 5.75 Å². The van der Waals surface area contributed by atoms with Crippen molar-refractivity contribution in [3.63, 3.8) is 0 Å². The van der Waals surface area contributed by atoms with E-state index >= 15 is 0 Å². The number of piperidine rings is 1. The van der Waals surface area contributed by atoms with Crippen molar-refractivity contribution in [2.75, 3.05) is 11.9 Å². The van der Waals surface area contributed by atoms with Crippen molar-refractivity contribution in [1.82, 2.24) is 5.32 Å². The molecule has 0 aliphatic carbocycles. The average Bonchev–Trinajstić information content (AvgIpc) is 2.40. The zero-order chi connectivity index (χ0) is 14.7. The number of phenols is 1. The number of hydrogen-bond acceptors (Lipinski definition) is 5. The van der Waals surface area contributed by atoms with Crippen LogP contribution in [0.5, 0.6) is 5.75 Å². The first-order valence-electron chi connectivity index (χ1n) is 6.49. The van der Waals surface area contributed by atoms with Crippen molar-refractivity contribution in [1.29, 1.82) is 0 Å². The minimum absolute atomic E-state index is 0.0952. The number of nitro benzene ring substituents is 1. The highest BCUT2D eigenvalue weighted by Crippen LogP contribution is 2.28. The van der Waals surface area contributed by atoms with Crippen LogP contribution in [0.25, 0.3) is 0 Å². The maximum absolute atomic E-state index is 12.1. The highest BCUT2D eigenvalue weighted by molar-refractivity contribution is 5.96. The molecule has 7 heteroatoms. The molecule has 0 saturated carbocycles. The summed E-state index contributed by atoms with van der Waals surface area (Å²) >= 11 is 0.